The maximum Gasteiger partial charge on any atom is 0.258 e. The number of carbonyl (C=O) groups excluding carboxylic acids is 4. The predicted molar refractivity (Wildman–Crippen MR) is 158 cm³/mol. The van der Waals surface area contributed by atoms with E-state index in [-0.39, 0.29) is 65.6 Å². The smallest absolute Gasteiger partial charge is 0.258 e. The molecule has 0 radical (unpaired) electrons. The molecule has 3 unspecified atom stereocenters. The number of piperidine rings is 2. The molecule has 230 valence electrons. The molecule has 0 spiro atoms. The number of halogens is 2. The van der Waals surface area contributed by atoms with E-state index in [1.807, 2.05) is 17.0 Å². The predicted octanol–water partition coefficient (Wildman–Crippen LogP) is 4.29. The van der Waals surface area contributed by atoms with Gasteiger partial charge in [0.1, 0.15) is 17.7 Å². The Balaban J connectivity index is 1.05. The van der Waals surface area contributed by atoms with Crippen LogP contribution in [0, 0.1) is 17.0 Å². The van der Waals surface area contributed by atoms with Gasteiger partial charge in [-0.25, -0.2) is 8.78 Å². The van der Waals surface area contributed by atoms with E-state index in [4.69, 9.17) is 0 Å². The summed E-state index contributed by atoms with van der Waals surface area (Å²) < 4.78 is 29.0. The summed E-state index contributed by atoms with van der Waals surface area (Å²) in [4.78, 5) is 56.2. The van der Waals surface area contributed by atoms with Crippen molar-refractivity contribution in [2.24, 2.45) is 5.41 Å². The molecule has 2 bridgehead atoms. The highest BCUT2D eigenvalue weighted by Gasteiger charge is 2.48. The van der Waals surface area contributed by atoms with Gasteiger partial charge in [0, 0.05) is 50.2 Å². The van der Waals surface area contributed by atoms with Gasteiger partial charge < -0.3 is 9.80 Å². The topological polar surface area (TPSA) is 90.0 Å². The first-order valence-electron chi connectivity index (χ1n) is 15.5. The second kappa shape index (κ2) is 10.6. The van der Waals surface area contributed by atoms with Gasteiger partial charge in [-0.05, 0) is 78.5 Å². The van der Waals surface area contributed by atoms with Gasteiger partial charge in [0.05, 0.1) is 5.56 Å². The molecular formula is C34H36F2N4O4. The molecule has 4 fully saturated rings. The summed E-state index contributed by atoms with van der Waals surface area (Å²) in [5.41, 5.74) is 4.40. The summed E-state index contributed by atoms with van der Waals surface area (Å²) in [7, 11) is 0. The zero-order valence-corrected chi connectivity index (χ0v) is 25.0. The van der Waals surface area contributed by atoms with E-state index in [2.05, 4.69) is 24.1 Å². The third-order valence-electron chi connectivity index (χ3n) is 10.1. The van der Waals surface area contributed by atoms with Crippen LogP contribution >= 0.6 is 0 Å². The summed E-state index contributed by atoms with van der Waals surface area (Å²) in [6.07, 6.45) is 4.20. The minimum Gasteiger partial charge on any atom is -0.330 e. The molecule has 8 nitrogen and oxygen atoms in total. The monoisotopic (exact) mass is 602 g/mol. The highest BCUT2D eigenvalue weighted by atomic mass is 19.1. The maximum absolute atomic E-state index is 15.3. The number of nitrogens with one attached hydrogen (secondary N) is 1. The molecule has 5 heterocycles. The Kier molecular flexibility index (Phi) is 6.95. The van der Waals surface area contributed by atoms with Crippen molar-refractivity contribution in [1.82, 2.24) is 20.0 Å². The molecule has 1 N–H and O–H groups in total. The van der Waals surface area contributed by atoms with Crippen LogP contribution in [0.25, 0.3) is 5.57 Å². The second-order valence-electron chi connectivity index (χ2n) is 13.8. The number of hydrogen-bond donors (Lipinski definition) is 1. The van der Waals surface area contributed by atoms with Crippen LogP contribution in [0.1, 0.15) is 84.2 Å². The Morgan fingerprint density at radius 2 is 1.75 bits per heavy atom. The van der Waals surface area contributed by atoms with Gasteiger partial charge in [-0.1, -0.05) is 31.6 Å². The molecule has 1 aliphatic carbocycles. The SMILES string of the molecule is CC1(C)CCC(CN2CC3CC(C2)N3C(=O)c2cc(F)c3c(c2)CN(C2CCC(=O)NC2=O)C3=O)=C(c2ccc(F)cc2)C1. The number of fused-ring (bicyclic) bond motifs is 3. The fourth-order valence-corrected chi connectivity index (χ4v) is 7.82. The summed E-state index contributed by atoms with van der Waals surface area (Å²) in [5, 5.41) is 2.25. The minimum absolute atomic E-state index is 0.0153. The van der Waals surface area contributed by atoms with E-state index < -0.39 is 23.7 Å². The first-order chi connectivity index (χ1) is 21.0. The molecule has 4 saturated heterocycles. The Morgan fingerprint density at radius 1 is 1.02 bits per heavy atom. The van der Waals surface area contributed by atoms with Gasteiger partial charge in [-0.3, -0.25) is 29.4 Å². The van der Waals surface area contributed by atoms with Crippen molar-refractivity contribution in [2.45, 2.75) is 77.0 Å². The second-order valence-corrected chi connectivity index (χ2v) is 13.8. The molecular weight excluding hydrogens is 566 g/mol. The summed E-state index contributed by atoms with van der Waals surface area (Å²) in [5.74, 6) is -2.80. The van der Waals surface area contributed by atoms with Gasteiger partial charge in [0.2, 0.25) is 11.8 Å². The van der Waals surface area contributed by atoms with Gasteiger partial charge >= 0.3 is 0 Å². The number of allylic oxidation sites excluding steroid dienone is 1. The Bertz CT molecular complexity index is 1610. The van der Waals surface area contributed by atoms with E-state index in [1.54, 1.807) is 6.07 Å². The Hall–Kier alpha value is -3.92. The highest BCUT2D eigenvalue weighted by Crippen LogP contribution is 2.44. The van der Waals surface area contributed by atoms with Crippen molar-refractivity contribution in [2.75, 3.05) is 19.6 Å². The van der Waals surface area contributed by atoms with Crippen LogP contribution < -0.4 is 5.32 Å². The van der Waals surface area contributed by atoms with Crippen molar-refractivity contribution in [3.05, 3.63) is 75.9 Å². The lowest BCUT2D eigenvalue weighted by molar-refractivity contribution is -0.136. The average molecular weight is 603 g/mol. The van der Waals surface area contributed by atoms with Crippen molar-refractivity contribution in [3.8, 4) is 0 Å². The lowest BCUT2D eigenvalue weighted by atomic mass is 9.72. The van der Waals surface area contributed by atoms with Crippen molar-refractivity contribution >= 4 is 29.2 Å². The molecule has 44 heavy (non-hydrogen) atoms. The van der Waals surface area contributed by atoms with Gasteiger partial charge in [-0.2, -0.15) is 0 Å². The molecule has 2 aromatic rings. The van der Waals surface area contributed by atoms with E-state index in [0.29, 0.717) is 5.56 Å². The normalized spacial score (nSPS) is 26.5. The lowest BCUT2D eigenvalue weighted by Crippen LogP contribution is -2.70. The van der Waals surface area contributed by atoms with E-state index in [1.165, 1.54) is 28.2 Å². The lowest BCUT2D eigenvalue weighted by Gasteiger charge is -2.56. The first kappa shape index (κ1) is 28.8. The zero-order valence-electron chi connectivity index (χ0n) is 25.0. The van der Waals surface area contributed by atoms with Crippen LogP contribution in [-0.4, -0.2) is 76.1 Å². The van der Waals surface area contributed by atoms with Gasteiger partial charge in [0.25, 0.3) is 11.8 Å². The first-order valence-corrected chi connectivity index (χ1v) is 15.5. The highest BCUT2D eigenvalue weighted by molar-refractivity contribution is 6.06. The number of carbonyl (C=O) groups is 4. The molecule has 0 saturated carbocycles. The molecule has 10 heteroatoms. The van der Waals surface area contributed by atoms with E-state index in [9.17, 15) is 23.6 Å². The molecule has 4 amide bonds. The van der Waals surface area contributed by atoms with Crippen molar-refractivity contribution in [3.63, 3.8) is 0 Å². The van der Waals surface area contributed by atoms with Crippen LogP contribution in [0.2, 0.25) is 0 Å². The quantitative estimate of drug-likeness (QED) is 0.516. The molecule has 0 aromatic heterocycles. The minimum atomic E-state index is -0.846. The largest absolute Gasteiger partial charge is 0.330 e. The molecule has 5 aliphatic heterocycles. The number of imide groups is 1. The number of nitrogens with zero attached hydrogens (tertiary/aromatic N) is 3. The number of hydrogen-bond acceptors (Lipinski definition) is 5. The summed E-state index contributed by atoms with van der Waals surface area (Å²) in [6.45, 7) is 6.82. The van der Waals surface area contributed by atoms with Crippen molar-refractivity contribution in [1.29, 1.82) is 0 Å². The molecule has 3 atom stereocenters. The van der Waals surface area contributed by atoms with Crippen LogP contribution in [0.5, 0.6) is 0 Å². The van der Waals surface area contributed by atoms with Gasteiger partial charge in [0.15, 0.2) is 0 Å². The number of piperazine rings is 1. The fourth-order valence-electron chi connectivity index (χ4n) is 7.82. The number of rotatable bonds is 5. The van der Waals surface area contributed by atoms with E-state index >= 15 is 4.39 Å². The number of benzene rings is 2. The molecule has 8 rings (SSSR count). The third-order valence-corrected chi connectivity index (χ3v) is 10.1. The third kappa shape index (κ3) is 5.02. The van der Waals surface area contributed by atoms with Crippen LogP contribution in [0.3, 0.4) is 0 Å². The zero-order chi connectivity index (χ0) is 30.9. The van der Waals surface area contributed by atoms with E-state index in [0.717, 1.165) is 56.9 Å². The van der Waals surface area contributed by atoms with Crippen LogP contribution in [0.4, 0.5) is 8.78 Å². The van der Waals surface area contributed by atoms with Gasteiger partial charge in [-0.15, -0.1) is 0 Å². The summed E-state index contributed by atoms with van der Waals surface area (Å²) in [6, 6.07) is 8.70. The fraction of sp³-hybridized carbons (Fsp3) is 0.471. The number of amides is 4. The van der Waals surface area contributed by atoms with Crippen LogP contribution in [0.15, 0.2) is 42.0 Å². The maximum atomic E-state index is 15.3. The average Bonchev–Trinajstić information content (AvgIpc) is 3.30. The van der Waals surface area contributed by atoms with Crippen LogP contribution in [-0.2, 0) is 16.1 Å². The molecule has 6 aliphatic rings. The Morgan fingerprint density at radius 3 is 2.45 bits per heavy atom. The molecule has 2 aromatic carbocycles. The van der Waals surface area contributed by atoms with Crippen molar-refractivity contribution < 1.29 is 28.0 Å². The summed E-state index contributed by atoms with van der Waals surface area (Å²) >= 11 is 0. The standard InChI is InChI=1S/C34H36F2N4O4/c1-34(2)10-9-20(26(14-34)19-3-5-23(35)6-4-19)15-38-17-24-13-25(18-38)40(24)32(43)21-11-22-16-39(33(44)30(22)27(36)12-21)28-7-8-29(41)37-31(28)42/h3-6,11-12,24-25,28H,7-10,13-18H2,1-2H3,(H,37,41,42). The Labute approximate surface area is 255 Å².